The zero-order valence-electron chi connectivity index (χ0n) is 18.0. The van der Waals surface area contributed by atoms with Gasteiger partial charge in [-0.3, -0.25) is 0 Å². The largest absolute Gasteiger partial charge is 0.497 e. The van der Waals surface area contributed by atoms with Gasteiger partial charge in [0, 0.05) is 37.2 Å². The van der Waals surface area contributed by atoms with E-state index < -0.39 is 0 Å². The predicted molar refractivity (Wildman–Crippen MR) is 123 cm³/mol. The SMILES string of the molecule is COc1ccc(CN(Cc2ccc(OC)cc2)SC(C)Cc2ncc(C)cn2)cc1. The lowest BCUT2D eigenvalue weighted by molar-refractivity contribution is 0.413. The maximum Gasteiger partial charge on any atom is 0.129 e. The van der Waals surface area contributed by atoms with E-state index in [0.29, 0.717) is 5.25 Å². The van der Waals surface area contributed by atoms with Crippen molar-refractivity contribution < 1.29 is 9.47 Å². The summed E-state index contributed by atoms with van der Waals surface area (Å²) in [5.41, 5.74) is 3.57. The quantitative estimate of drug-likeness (QED) is 0.424. The molecule has 30 heavy (non-hydrogen) atoms. The molecule has 3 rings (SSSR count). The second-order valence-corrected chi connectivity index (χ2v) is 8.82. The number of aryl methyl sites for hydroxylation is 1. The molecule has 0 spiro atoms. The topological polar surface area (TPSA) is 47.5 Å². The average Bonchev–Trinajstić information content (AvgIpc) is 2.76. The molecule has 0 radical (unpaired) electrons. The highest BCUT2D eigenvalue weighted by Crippen LogP contribution is 2.26. The zero-order valence-corrected chi connectivity index (χ0v) is 18.9. The van der Waals surface area contributed by atoms with Gasteiger partial charge in [0.25, 0.3) is 0 Å². The van der Waals surface area contributed by atoms with Crippen LogP contribution in [0.4, 0.5) is 0 Å². The Hall–Kier alpha value is -2.57. The molecule has 0 aliphatic rings. The summed E-state index contributed by atoms with van der Waals surface area (Å²) in [4.78, 5) is 8.92. The van der Waals surface area contributed by atoms with Crippen LogP contribution in [0.15, 0.2) is 60.9 Å². The Morgan fingerprint density at radius 3 is 1.73 bits per heavy atom. The molecule has 3 aromatic rings. The Bertz CT molecular complexity index is 850. The van der Waals surface area contributed by atoms with E-state index in [9.17, 15) is 0 Å². The van der Waals surface area contributed by atoms with Crippen LogP contribution in [0.5, 0.6) is 11.5 Å². The van der Waals surface area contributed by atoms with E-state index in [2.05, 4.69) is 45.5 Å². The van der Waals surface area contributed by atoms with Crippen molar-refractivity contribution in [3.63, 3.8) is 0 Å². The molecule has 0 N–H and O–H groups in total. The number of hydrogen-bond acceptors (Lipinski definition) is 6. The first kappa shape index (κ1) is 22.1. The van der Waals surface area contributed by atoms with Gasteiger partial charge in [0.05, 0.1) is 14.2 Å². The molecular weight excluding hydrogens is 394 g/mol. The normalized spacial score (nSPS) is 12.0. The standard InChI is InChI=1S/C24H29N3O2S/c1-18-14-25-24(26-15-18)13-19(2)30-27(16-20-5-9-22(28-3)10-6-20)17-21-7-11-23(29-4)12-8-21/h5-12,14-15,19H,13,16-17H2,1-4H3. The van der Waals surface area contributed by atoms with E-state index in [-0.39, 0.29) is 0 Å². The van der Waals surface area contributed by atoms with Gasteiger partial charge in [-0.1, -0.05) is 43.1 Å². The number of rotatable bonds is 10. The van der Waals surface area contributed by atoms with Crippen molar-refractivity contribution in [2.24, 2.45) is 0 Å². The molecule has 0 saturated heterocycles. The fourth-order valence-corrected chi connectivity index (χ4v) is 4.25. The second kappa shape index (κ2) is 11.0. The molecule has 0 amide bonds. The lowest BCUT2D eigenvalue weighted by Crippen LogP contribution is -2.20. The van der Waals surface area contributed by atoms with E-state index in [4.69, 9.17) is 9.47 Å². The third kappa shape index (κ3) is 6.75. The van der Waals surface area contributed by atoms with Crippen LogP contribution in [-0.2, 0) is 19.5 Å². The highest BCUT2D eigenvalue weighted by molar-refractivity contribution is 7.97. The number of ether oxygens (including phenoxy) is 2. The van der Waals surface area contributed by atoms with E-state index >= 15 is 0 Å². The molecule has 1 atom stereocenters. The Morgan fingerprint density at radius 2 is 1.30 bits per heavy atom. The molecule has 6 heteroatoms. The first-order valence-corrected chi connectivity index (χ1v) is 10.8. The Balaban J connectivity index is 1.70. The van der Waals surface area contributed by atoms with E-state index in [0.717, 1.165) is 42.4 Å². The van der Waals surface area contributed by atoms with Gasteiger partial charge in [-0.2, -0.15) is 0 Å². The summed E-state index contributed by atoms with van der Waals surface area (Å²) in [5, 5.41) is 0.351. The van der Waals surface area contributed by atoms with Crippen molar-refractivity contribution in [1.82, 2.24) is 14.3 Å². The third-order valence-electron chi connectivity index (χ3n) is 4.67. The Kier molecular flexibility index (Phi) is 8.11. The predicted octanol–water partition coefficient (Wildman–Crippen LogP) is 5.08. The lowest BCUT2D eigenvalue weighted by Gasteiger charge is -2.25. The first-order valence-electron chi connectivity index (χ1n) is 10.0. The zero-order chi connectivity index (χ0) is 21.3. The second-order valence-electron chi connectivity index (χ2n) is 7.29. The van der Waals surface area contributed by atoms with Gasteiger partial charge in [0.15, 0.2) is 0 Å². The fourth-order valence-electron chi connectivity index (χ4n) is 3.07. The summed E-state index contributed by atoms with van der Waals surface area (Å²) in [6.45, 7) is 5.90. The highest BCUT2D eigenvalue weighted by atomic mass is 32.2. The van der Waals surface area contributed by atoms with E-state index in [1.54, 1.807) is 14.2 Å². The van der Waals surface area contributed by atoms with E-state index in [1.807, 2.05) is 55.5 Å². The number of benzene rings is 2. The van der Waals surface area contributed by atoms with Gasteiger partial charge in [-0.15, -0.1) is 0 Å². The highest BCUT2D eigenvalue weighted by Gasteiger charge is 2.15. The molecule has 0 saturated carbocycles. The van der Waals surface area contributed by atoms with Crippen LogP contribution in [0.2, 0.25) is 0 Å². The molecular formula is C24H29N3O2S. The monoisotopic (exact) mass is 423 g/mol. The minimum atomic E-state index is 0.351. The van der Waals surface area contributed by atoms with Crippen LogP contribution in [0.25, 0.3) is 0 Å². The maximum absolute atomic E-state index is 5.29. The summed E-state index contributed by atoms with van der Waals surface area (Å²) in [6.07, 6.45) is 4.59. The van der Waals surface area contributed by atoms with Gasteiger partial charge in [-0.25, -0.2) is 14.3 Å². The molecule has 0 aliphatic carbocycles. The van der Waals surface area contributed by atoms with E-state index in [1.165, 1.54) is 11.1 Å². The smallest absolute Gasteiger partial charge is 0.129 e. The fraction of sp³-hybridized carbons (Fsp3) is 0.333. The minimum absolute atomic E-state index is 0.351. The van der Waals surface area contributed by atoms with Gasteiger partial charge in [-0.05, 0) is 47.9 Å². The summed E-state index contributed by atoms with van der Waals surface area (Å²) >= 11 is 1.84. The van der Waals surface area contributed by atoms with Crippen LogP contribution in [0, 0.1) is 6.92 Å². The molecule has 5 nitrogen and oxygen atoms in total. The van der Waals surface area contributed by atoms with Crippen LogP contribution in [0.1, 0.15) is 29.4 Å². The molecule has 0 aliphatic heterocycles. The van der Waals surface area contributed by atoms with Gasteiger partial charge < -0.3 is 9.47 Å². The van der Waals surface area contributed by atoms with Crippen molar-refractivity contribution in [2.75, 3.05) is 14.2 Å². The average molecular weight is 424 g/mol. The van der Waals surface area contributed by atoms with Crippen molar-refractivity contribution in [3.8, 4) is 11.5 Å². The van der Waals surface area contributed by atoms with Crippen molar-refractivity contribution in [2.45, 2.75) is 38.6 Å². The third-order valence-corrected chi connectivity index (χ3v) is 5.75. The Morgan fingerprint density at radius 1 is 0.833 bits per heavy atom. The molecule has 158 valence electrons. The molecule has 0 bridgehead atoms. The van der Waals surface area contributed by atoms with Crippen molar-refractivity contribution in [3.05, 3.63) is 83.4 Å². The van der Waals surface area contributed by atoms with Crippen LogP contribution in [0.3, 0.4) is 0 Å². The summed E-state index contributed by atoms with van der Waals surface area (Å²) < 4.78 is 13.0. The molecule has 2 aromatic carbocycles. The molecule has 0 fully saturated rings. The number of methoxy groups -OCH3 is 2. The van der Waals surface area contributed by atoms with Crippen LogP contribution in [-0.4, -0.2) is 33.7 Å². The minimum Gasteiger partial charge on any atom is -0.497 e. The van der Waals surface area contributed by atoms with Crippen molar-refractivity contribution >= 4 is 11.9 Å². The Labute approximate surface area is 183 Å². The summed E-state index contributed by atoms with van der Waals surface area (Å²) in [7, 11) is 3.38. The summed E-state index contributed by atoms with van der Waals surface area (Å²) in [6, 6.07) is 16.5. The number of hydrogen-bond donors (Lipinski definition) is 0. The van der Waals surface area contributed by atoms with Crippen molar-refractivity contribution in [1.29, 1.82) is 0 Å². The molecule has 1 aromatic heterocycles. The van der Waals surface area contributed by atoms with Gasteiger partial charge in [0.2, 0.25) is 0 Å². The van der Waals surface area contributed by atoms with Crippen LogP contribution < -0.4 is 9.47 Å². The van der Waals surface area contributed by atoms with Gasteiger partial charge in [0.1, 0.15) is 17.3 Å². The van der Waals surface area contributed by atoms with Crippen LogP contribution >= 0.6 is 11.9 Å². The first-order chi connectivity index (χ1) is 14.6. The van der Waals surface area contributed by atoms with Gasteiger partial charge >= 0.3 is 0 Å². The molecule has 1 unspecified atom stereocenters. The lowest BCUT2D eigenvalue weighted by atomic mass is 10.2. The molecule has 1 heterocycles. The number of nitrogens with zero attached hydrogens (tertiary/aromatic N) is 3. The number of aromatic nitrogens is 2. The summed E-state index contributed by atoms with van der Waals surface area (Å²) in [5.74, 6) is 2.63. The maximum atomic E-state index is 5.29.